The number of benzene rings is 1. The number of anilines is 1. The maximum atomic E-state index is 11.5. The molecule has 19 heavy (non-hydrogen) atoms. The van der Waals surface area contributed by atoms with E-state index in [1.807, 2.05) is 13.8 Å². The van der Waals surface area contributed by atoms with E-state index in [-0.39, 0.29) is 6.79 Å². The normalized spacial score (nSPS) is 10.0. The summed E-state index contributed by atoms with van der Waals surface area (Å²) in [4.78, 5) is 11.5. The first-order valence-corrected chi connectivity index (χ1v) is 6.50. The van der Waals surface area contributed by atoms with E-state index in [9.17, 15) is 4.79 Å². The number of hydrogen-bond acceptors (Lipinski definition) is 4. The molecule has 0 heterocycles. The summed E-state index contributed by atoms with van der Waals surface area (Å²) in [6.07, 6.45) is 1.41. The van der Waals surface area contributed by atoms with Crippen LogP contribution in [-0.2, 0) is 9.47 Å². The van der Waals surface area contributed by atoms with Crippen LogP contribution in [0.15, 0.2) is 24.3 Å². The quantitative estimate of drug-likeness (QED) is 0.579. The number of carbonyl (C=O) groups excluding carboxylic acids is 1. The Morgan fingerprint density at radius 2 is 2.16 bits per heavy atom. The summed E-state index contributed by atoms with van der Waals surface area (Å²) in [5.41, 5.74) is 0.635. The highest BCUT2D eigenvalue weighted by Gasteiger charge is 2.03. The largest absolute Gasteiger partial charge is 0.467 e. The Labute approximate surface area is 113 Å². The van der Waals surface area contributed by atoms with Gasteiger partial charge >= 0.3 is 6.09 Å². The van der Waals surface area contributed by atoms with Gasteiger partial charge in [0, 0.05) is 18.4 Å². The molecule has 0 unspecified atom stereocenters. The standard InChI is InChI=1S/C14H21NO4/c1-3-5-9-18-14(16)15-12-7-6-8-13(10-12)19-11-17-4-2/h6-8,10H,3-5,9,11H2,1-2H3,(H,15,16). The van der Waals surface area contributed by atoms with Crippen molar-refractivity contribution < 1.29 is 19.0 Å². The van der Waals surface area contributed by atoms with E-state index in [0.29, 0.717) is 24.7 Å². The van der Waals surface area contributed by atoms with Gasteiger partial charge in [0.05, 0.1) is 6.61 Å². The van der Waals surface area contributed by atoms with Gasteiger partial charge in [0.1, 0.15) is 5.75 Å². The maximum absolute atomic E-state index is 11.5. The van der Waals surface area contributed by atoms with Crippen molar-refractivity contribution in [1.82, 2.24) is 0 Å². The molecule has 0 saturated heterocycles. The molecule has 0 aliphatic rings. The molecule has 0 bridgehead atoms. The molecule has 1 aromatic carbocycles. The molecular weight excluding hydrogens is 246 g/mol. The average Bonchev–Trinajstić information content (AvgIpc) is 2.40. The number of ether oxygens (including phenoxy) is 3. The van der Waals surface area contributed by atoms with Gasteiger partial charge < -0.3 is 14.2 Å². The van der Waals surface area contributed by atoms with Crippen LogP contribution in [0.3, 0.4) is 0 Å². The number of carbonyl (C=O) groups is 1. The maximum Gasteiger partial charge on any atom is 0.411 e. The Bertz CT molecular complexity index is 381. The Morgan fingerprint density at radius 1 is 1.32 bits per heavy atom. The molecule has 0 fully saturated rings. The van der Waals surface area contributed by atoms with Gasteiger partial charge in [-0.05, 0) is 25.5 Å². The SMILES string of the molecule is CCCCOC(=O)Nc1cccc(OCOCC)c1. The second-order valence-electron chi connectivity index (χ2n) is 3.90. The summed E-state index contributed by atoms with van der Waals surface area (Å²) < 4.78 is 15.5. The Balaban J connectivity index is 2.40. The summed E-state index contributed by atoms with van der Waals surface area (Å²) in [6.45, 7) is 5.17. The van der Waals surface area contributed by atoms with Gasteiger partial charge in [-0.1, -0.05) is 19.4 Å². The van der Waals surface area contributed by atoms with E-state index >= 15 is 0 Å². The fourth-order valence-electron chi connectivity index (χ4n) is 1.32. The average molecular weight is 267 g/mol. The molecule has 106 valence electrons. The smallest absolute Gasteiger partial charge is 0.411 e. The monoisotopic (exact) mass is 267 g/mol. The van der Waals surface area contributed by atoms with Gasteiger partial charge in [0.2, 0.25) is 0 Å². The van der Waals surface area contributed by atoms with Crippen molar-refractivity contribution in [2.45, 2.75) is 26.7 Å². The van der Waals surface area contributed by atoms with Crippen LogP contribution in [0.4, 0.5) is 10.5 Å². The highest BCUT2D eigenvalue weighted by molar-refractivity contribution is 5.84. The lowest BCUT2D eigenvalue weighted by Gasteiger charge is -2.09. The van der Waals surface area contributed by atoms with Crippen molar-refractivity contribution in [3.63, 3.8) is 0 Å². The molecule has 5 heteroatoms. The molecule has 1 amide bonds. The van der Waals surface area contributed by atoms with Gasteiger partial charge in [-0.15, -0.1) is 0 Å². The predicted octanol–water partition coefficient (Wildman–Crippen LogP) is 3.41. The zero-order chi connectivity index (χ0) is 13.9. The lowest BCUT2D eigenvalue weighted by Crippen LogP contribution is -2.14. The van der Waals surface area contributed by atoms with Crippen LogP contribution in [0.25, 0.3) is 0 Å². The van der Waals surface area contributed by atoms with Crippen molar-refractivity contribution in [3.8, 4) is 5.75 Å². The highest BCUT2D eigenvalue weighted by atomic mass is 16.7. The van der Waals surface area contributed by atoms with Crippen LogP contribution in [0.1, 0.15) is 26.7 Å². The molecular formula is C14H21NO4. The molecule has 1 N–H and O–H groups in total. The summed E-state index contributed by atoms with van der Waals surface area (Å²) in [5, 5.41) is 2.65. The Kier molecular flexibility index (Phi) is 7.43. The highest BCUT2D eigenvalue weighted by Crippen LogP contribution is 2.17. The minimum Gasteiger partial charge on any atom is -0.467 e. The van der Waals surface area contributed by atoms with Crippen LogP contribution >= 0.6 is 0 Å². The molecule has 1 aromatic rings. The third-order valence-corrected chi connectivity index (χ3v) is 2.32. The topological polar surface area (TPSA) is 56.8 Å². The van der Waals surface area contributed by atoms with Crippen molar-refractivity contribution in [3.05, 3.63) is 24.3 Å². The molecule has 0 radical (unpaired) electrons. The van der Waals surface area contributed by atoms with Crippen LogP contribution in [0.2, 0.25) is 0 Å². The lowest BCUT2D eigenvalue weighted by molar-refractivity contribution is 0.0224. The van der Waals surface area contributed by atoms with E-state index in [1.54, 1.807) is 24.3 Å². The zero-order valence-electron chi connectivity index (χ0n) is 11.5. The first-order valence-electron chi connectivity index (χ1n) is 6.50. The van der Waals surface area contributed by atoms with Gasteiger partial charge in [-0.25, -0.2) is 4.79 Å². The second kappa shape index (κ2) is 9.22. The van der Waals surface area contributed by atoms with E-state index < -0.39 is 6.09 Å². The van der Waals surface area contributed by atoms with Crippen molar-refractivity contribution in [1.29, 1.82) is 0 Å². The summed E-state index contributed by atoms with van der Waals surface area (Å²) >= 11 is 0. The van der Waals surface area contributed by atoms with Crippen molar-refractivity contribution >= 4 is 11.8 Å². The zero-order valence-corrected chi connectivity index (χ0v) is 11.5. The molecule has 0 saturated carbocycles. The van der Waals surface area contributed by atoms with Crippen LogP contribution < -0.4 is 10.1 Å². The molecule has 1 rings (SSSR count). The first kappa shape index (κ1) is 15.3. The minimum absolute atomic E-state index is 0.195. The van der Waals surface area contributed by atoms with Gasteiger partial charge in [-0.2, -0.15) is 0 Å². The van der Waals surface area contributed by atoms with Gasteiger partial charge in [0.25, 0.3) is 0 Å². The summed E-state index contributed by atoms with van der Waals surface area (Å²) in [5.74, 6) is 0.639. The molecule has 0 atom stereocenters. The van der Waals surface area contributed by atoms with Crippen LogP contribution in [0.5, 0.6) is 5.75 Å². The number of nitrogens with one attached hydrogen (secondary N) is 1. The number of unbranched alkanes of at least 4 members (excludes halogenated alkanes) is 1. The van der Waals surface area contributed by atoms with E-state index in [2.05, 4.69) is 5.32 Å². The number of hydrogen-bond donors (Lipinski definition) is 1. The molecule has 0 aromatic heterocycles. The fourth-order valence-corrected chi connectivity index (χ4v) is 1.32. The molecule has 0 aliphatic heterocycles. The van der Waals surface area contributed by atoms with Gasteiger partial charge in [-0.3, -0.25) is 5.32 Å². The van der Waals surface area contributed by atoms with E-state index in [0.717, 1.165) is 12.8 Å². The second-order valence-corrected chi connectivity index (χ2v) is 3.90. The Morgan fingerprint density at radius 3 is 2.89 bits per heavy atom. The minimum atomic E-state index is -0.449. The summed E-state index contributed by atoms with van der Waals surface area (Å²) in [7, 11) is 0. The number of amides is 1. The third-order valence-electron chi connectivity index (χ3n) is 2.32. The third kappa shape index (κ3) is 6.67. The van der Waals surface area contributed by atoms with Crippen LogP contribution in [0, 0.1) is 0 Å². The van der Waals surface area contributed by atoms with Crippen LogP contribution in [-0.4, -0.2) is 26.1 Å². The molecule has 0 spiro atoms. The lowest BCUT2D eigenvalue weighted by atomic mass is 10.3. The first-order chi connectivity index (χ1) is 9.26. The van der Waals surface area contributed by atoms with E-state index in [1.165, 1.54) is 0 Å². The van der Waals surface area contributed by atoms with E-state index in [4.69, 9.17) is 14.2 Å². The van der Waals surface area contributed by atoms with Gasteiger partial charge in [0.15, 0.2) is 6.79 Å². The Hall–Kier alpha value is -1.75. The number of rotatable bonds is 8. The fraction of sp³-hybridized carbons (Fsp3) is 0.500. The van der Waals surface area contributed by atoms with Crippen molar-refractivity contribution in [2.24, 2.45) is 0 Å². The molecule has 5 nitrogen and oxygen atoms in total. The summed E-state index contributed by atoms with van der Waals surface area (Å²) in [6, 6.07) is 7.09. The predicted molar refractivity (Wildman–Crippen MR) is 73.4 cm³/mol. The molecule has 0 aliphatic carbocycles. The van der Waals surface area contributed by atoms with Crippen molar-refractivity contribution in [2.75, 3.05) is 25.3 Å².